The maximum absolute atomic E-state index is 5.54. The van der Waals surface area contributed by atoms with E-state index in [0.717, 1.165) is 10.8 Å². The molecule has 0 unspecified atom stereocenters. The number of rotatable bonds is 4. The molecule has 0 radical (unpaired) electrons. The Morgan fingerprint density at radius 3 is 2.91 bits per heavy atom. The molecule has 0 saturated heterocycles. The van der Waals surface area contributed by atoms with Crippen LogP contribution in [0.2, 0.25) is 0 Å². The first-order valence-electron chi connectivity index (χ1n) is 3.55. The first-order chi connectivity index (χ1) is 5.34. The van der Waals surface area contributed by atoms with Gasteiger partial charge in [-0.25, -0.2) is 0 Å². The maximum atomic E-state index is 5.54. The second-order valence-corrected chi connectivity index (χ2v) is 3.77. The molecule has 0 aliphatic heterocycles. The molecule has 2 N–H and O–H groups in total. The van der Waals surface area contributed by atoms with Crippen LogP contribution in [0.15, 0.2) is 5.03 Å². The summed E-state index contributed by atoms with van der Waals surface area (Å²) in [5, 5.41) is 0.892. The Hall–Kier alpha value is -0.290. The molecular formula is C6H11N3S2. The summed E-state index contributed by atoms with van der Waals surface area (Å²) in [5.41, 5.74) is 5.54. The Kier molecular flexibility index (Phi) is 3.65. The fourth-order valence-electron chi connectivity index (χ4n) is 0.601. The normalized spacial score (nSPS) is 10.3. The van der Waals surface area contributed by atoms with E-state index < -0.39 is 0 Å². The summed E-state index contributed by atoms with van der Waals surface area (Å²) < 4.78 is 7.94. The molecule has 0 aliphatic carbocycles. The third-order valence-electron chi connectivity index (χ3n) is 1.22. The lowest BCUT2D eigenvalue weighted by molar-refractivity contribution is 0.895. The van der Waals surface area contributed by atoms with Gasteiger partial charge in [-0.1, -0.05) is 13.3 Å². The van der Waals surface area contributed by atoms with Gasteiger partial charge in [-0.15, -0.1) is 11.8 Å². The van der Waals surface area contributed by atoms with Gasteiger partial charge >= 0.3 is 0 Å². The van der Waals surface area contributed by atoms with Crippen LogP contribution in [0.4, 0.5) is 5.82 Å². The Morgan fingerprint density at radius 2 is 2.36 bits per heavy atom. The zero-order valence-electron chi connectivity index (χ0n) is 6.41. The van der Waals surface area contributed by atoms with Gasteiger partial charge in [0.2, 0.25) is 0 Å². The highest BCUT2D eigenvalue weighted by Gasteiger charge is 2.02. The topological polar surface area (TPSA) is 51.8 Å². The van der Waals surface area contributed by atoms with E-state index >= 15 is 0 Å². The van der Waals surface area contributed by atoms with Crippen LogP contribution < -0.4 is 5.73 Å². The van der Waals surface area contributed by atoms with E-state index in [0.29, 0.717) is 5.82 Å². The van der Waals surface area contributed by atoms with Crippen LogP contribution >= 0.6 is 23.5 Å². The minimum Gasteiger partial charge on any atom is -0.381 e. The zero-order chi connectivity index (χ0) is 8.10. The Bertz CT molecular complexity index is 211. The van der Waals surface area contributed by atoms with E-state index in [1.165, 1.54) is 24.6 Å². The number of hydrogen-bond acceptors (Lipinski definition) is 5. The molecule has 0 fully saturated rings. The van der Waals surface area contributed by atoms with Crippen molar-refractivity contribution >= 4 is 29.3 Å². The number of aromatic nitrogens is 2. The van der Waals surface area contributed by atoms with Gasteiger partial charge in [0.05, 0.1) is 11.7 Å². The van der Waals surface area contributed by atoms with Gasteiger partial charge in [0.25, 0.3) is 0 Å². The number of nitrogens with two attached hydrogens (primary N) is 1. The van der Waals surface area contributed by atoms with Crippen LogP contribution in [0.25, 0.3) is 0 Å². The molecule has 0 amide bonds. The first kappa shape index (κ1) is 8.80. The Labute approximate surface area is 74.7 Å². The third-order valence-corrected chi connectivity index (χ3v) is 2.94. The van der Waals surface area contributed by atoms with Gasteiger partial charge in [0.1, 0.15) is 0 Å². The van der Waals surface area contributed by atoms with E-state index in [-0.39, 0.29) is 0 Å². The van der Waals surface area contributed by atoms with E-state index in [4.69, 9.17) is 5.73 Å². The van der Waals surface area contributed by atoms with Crippen molar-refractivity contribution in [1.82, 2.24) is 8.75 Å². The average Bonchev–Trinajstić information content (AvgIpc) is 2.37. The van der Waals surface area contributed by atoms with E-state index in [2.05, 4.69) is 15.7 Å². The number of nitrogen functional groups attached to an aromatic ring is 1. The van der Waals surface area contributed by atoms with Crippen molar-refractivity contribution < 1.29 is 0 Å². The second-order valence-electron chi connectivity index (χ2n) is 2.16. The molecule has 11 heavy (non-hydrogen) atoms. The average molecular weight is 189 g/mol. The zero-order valence-corrected chi connectivity index (χ0v) is 8.04. The maximum Gasteiger partial charge on any atom is 0.171 e. The van der Waals surface area contributed by atoms with Gasteiger partial charge in [0.15, 0.2) is 10.8 Å². The molecule has 1 aromatic heterocycles. The quantitative estimate of drug-likeness (QED) is 0.581. The summed E-state index contributed by atoms with van der Waals surface area (Å²) in [4.78, 5) is 0. The molecule has 0 bridgehead atoms. The van der Waals surface area contributed by atoms with Crippen LogP contribution in [0, 0.1) is 0 Å². The number of thioether (sulfide) groups is 1. The fourth-order valence-corrected chi connectivity index (χ4v) is 2.17. The molecule has 62 valence electrons. The van der Waals surface area contributed by atoms with Gasteiger partial charge in [-0.2, -0.15) is 8.75 Å². The summed E-state index contributed by atoms with van der Waals surface area (Å²) >= 11 is 2.87. The minimum atomic E-state index is 0.580. The summed E-state index contributed by atoms with van der Waals surface area (Å²) in [5.74, 6) is 1.67. The molecule has 1 rings (SSSR count). The lowest BCUT2D eigenvalue weighted by atomic mass is 10.4. The monoisotopic (exact) mass is 189 g/mol. The van der Waals surface area contributed by atoms with E-state index in [1.807, 2.05) is 0 Å². The van der Waals surface area contributed by atoms with Gasteiger partial charge in [0, 0.05) is 0 Å². The highest BCUT2D eigenvalue weighted by molar-refractivity contribution is 7.99. The molecule has 1 aromatic rings. The summed E-state index contributed by atoms with van der Waals surface area (Å²) in [6, 6.07) is 0. The van der Waals surface area contributed by atoms with Crippen LogP contribution in [-0.2, 0) is 0 Å². The van der Waals surface area contributed by atoms with Crippen molar-refractivity contribution in [1.29, 1.82) is 0 Å². The van der Waals surface area contributed by atoms with Crippen LogP contribution in [0.3, 0.4) is 0 Å². The molecule has 0 aromatic carbocycles. The SMILES string of the molecule is CCCCSc1nsnc1N. The minimum absolute atomic E-state index is 0.580. The predicted molar refractivity (Wildman–Crippen MR) is 50.0 cm³/mol. The van der Waals surface area contributed by atoms with E-state index in [9.17, 15) is 0 Å². The molecular weight excluding hydrogens is 178 g/mol. The van der Waals surface area contributed by atoms with Crippen molar-refractivity contribution in [2.45, 2.75) is 24.8 Å². The Morgan fingerprint density at radius 1 is 1.55 bits per heavy atom. The van der Waals surface area contributed by atoms with E-state index in [1.54, 1.807) is 11.8 Å². The van der Waals surface area contributed by atoms with Gasteiger partial charge in [-0.05, 0) is 12.2 Å². The second kappa shape index (κ2) is 4.56. The van der Waals surface area contributed by atoms with Crippen molar-refractivity contribution in [2.24, 2.45) is 0 Å². The van der Waals surface area contributed by atoms with Crippen LogP contribution in [0.5, 0.6) is 0 Å². The lowest BCUT2D eigenvalue weighted by Crippen LogP contribution is -1.87. The molecule has 0 atom stereocenters. The molecule has 1 heterocycles. The standard InChI is InChI=1S/C6H11N3S2/c1-2-3-4-10-6-5(7)8-11-9-6/h2-4H2,1H3,(H2,7,8). The molecule has 0 saturated carbocycles. The molecule has 5 heteroatoms. The predicted octanol–water partition coefficient (Wildman–Crippen LogP) is 2.01. The highest BCUT2D eigenvalue weighted by atomic mass is 32.2. The number of anilines is 1. The number of unbranched alkanes of at least 4 members (excludes halogenated alkanes) is 1. The molecule has 3 nitrogen and oxygen atoms in total. The number of nitrogens with zero attached hydrogens (tertiary/aromatic N) is 2. The smallest absolute Gasteiger partial charge is 0.171 e. The van der Waals surface area contributed by atoms with Crippen molar-refractivity contribution in [2.75, 3.05) is 11.5 Å². The number of hydrogen-bond donors (Lipinski definition) is 1. The van der Waals surface area contributed by atoms with Gasteiger partial charge < -0.3 is 5.73 Å². The summed E-state index contributed by atoms with van der Waals surface area (Å²) in [7, 11) is 0. The van der Waals surface area contributed by atoms with Gasteiger partial charge in [-0.3, -0.25) is 0 Å². The lowest BCUT2D eigenvalue weighted by Gasteiger charge is -1.94. The fraction of sp³-hybridized carbons (Fsp3) is 0.667. The van der Waals surface area contributed by atoms with Crippen molar-refractivity contribution in [3.05, 3.63) is 0 Å². The summed E-state index contributed by atoms with van der Waals surface area (Å²) in [6.45, 7) is 2.17. The van der Waals surface area contributed by atoms with Crippen molar-refractivity contribution in [3.8, 4) is 0 Å². The Balaban J connectivity index is 2.32. The summed E-state index contributed by atoms with van der Waals surface area (Å²) in [6.07, 6.45) is 2.42. The third kappa shape index (κ3) is 2.67. The van der Waals surface area contributed by atoms with Crippen molar-refractivity contribution in [3.63, 3.8) is 0 Å². The van der Waals surface area contributed by atoms with Crippen LogP contribution in [0.1, 0.15) is 19.8 Å². The first-order valence-corrected chi connectivity index (χ1v) is 5.27. The largest absolute Gasteiger partial charge is 0.381 e. The molecule has 0 spiro atoms. The highest BCUT2D eigenvalue weighted by Crippen LogP contribution is 2.22. The molecule has 0 aliphatic rings. The van der Waals surface area contributed by atoms with Crippen LogP contribution in [-0.4, -0.2) is 14.5 Å².